The van der Waals surface area contributed by atoms with E-state index in [1.165, 1.54) is 44.9 Å². The highest BCUT2D eigenvalue weighted by atomic mass is 16.6. The third kappa shape index (κ3) is 31.6. The van der Waals surface area contributed by atoms with Gasteiger partial charge in [0.05, 0.1) is 0 Å². The zero-order valence-corrected chi connectivity index (χ0v) is 32.3. The minimum atomic E-state index is -1.05. The van der Waals surface area contributed by atoms with E-state index in [1.807, 2.05) is 0 Å². The van der Waals surface area contributed by atoms with E-state index in [4.69, 9.17) is 18.9 Å². The number of hydrogen-bond donors (Lipinski definition) is 0. The zero-order chi connectivity index (χ0) is 36.2. The normalized spacial score (nSPS) is 12.3. The van der Waals surface area contributed by atoms with Crippen LogP contribution in [0, 0.1) is 0 Å². The SMILES string of the molecule is CCCCCCCCCCCCC(=O)OC[C@H](OC(=O)CCCCCCC)[C@@H](COC(=O)CCCCCCC)OC(=O)CCCCCCC. The Morgan fingerprint density at radius 1 is 0.327 bits per heavy atom. The van der Waals surface area contributed by atoms with Gasteiger partial charge >= 0.3 is 23.9 Å². The van der Waals surface area contributed by atoms with Gasteiger partial charge in [0, 0.05) is 25.7 Å². The van der Waals surface area contributed by atoms with Gasteiger partial charge in [0.1, 0.15) is 13.2 Å². The molecule has 0 bridgehead atoms. The molecule has 0 rings (SSSR count). The number of rotatable bonds is 36. The molecule has 0 aliphatic carbocycles. The molecule has 49 heavy (non-hydrogen) atoms. The molecule has 0 aromatic carbocycles. The van der Waals surface area contributed by atoms with Crippen LogP contribution in [0.5, 0.6) is 0 Å². The van der Waals surface area contributed by atoms with Crippen molar-refractivity contribution in [2.24, 2.45) is 0 Å². The van der Waals surface area contributed by atoms with Gasteiger partial charge in [-0.3, -0.25) is 19.2 Å². The molecule has 8 nitrogen and oxygen atoms in total. The van der Waals surface area contributed by atoms with Crippen LogP contribution in [0.3, 0.4) is 0 Å². The first kappa shape index (κ1) is 46.9. The van der Waals surface area contributed by atoms with Gasteiger partial charge in [0.15, 0.2) is 12.2 Å². The van der Waals surface area contributed by atoms with Gasteiger partial charge in [0.2, 0.25) is 0 Å². The lowest BCUT2D eigenvalue weighted by molar-refractivity contribution is -0.183. The van der Waals surface area contributed by atoms with Crippen LogP contribution in [0.25, 0.3) is 0 Å². The third-order valence-corrected chi connectivity index (χ3v) is 8.99. The summed E-state index contributed by atoms with van der Waals surface area (Å²) in [4.78, 5) is 51.1. The van der Waals surface area contributed by atoms with E-state index in [2.05, 4.69) is 27.7 Å². The summed E-state index contributed by atoms with van der Waals surface area (Å²) in [7, 11) is 0. The van der Waals surface area contributed by atoms with Crippen LogP contribution < -0.4 is 0 Å². The zero-order valence-electron chi connectivity index (χ0n) is 32.3. The Kier molecular flexibility index (Phi) is 34.2. The summed E-state index contributed by atoms with van der Waals surface area (Å²) in [5.41, 5.74) is 0. The van der Waals surface area contributed by atoms with Crippen molar-refractivity contribution in [2.45, 2.75) is 226 Å². The molecule has 288 valence electrons. The molecule has 0 saturated heterocycles. The molecule has 0 radical (unpaired) electrons. The predicted octanol–water partition coefficient (Wildman–Crippen LogP) is 11.3. The van der Waals surface area contributed by atoms with Crippen molar-refractivity contribution in [3.05, 3.63) is 0 Å². The van der Waals surface area contributed by atoms with Crippen molar-refractivity contribution >= 4 is 23.9 Å². The van der Waals surface area contributed by atoms with Gasteiger partial charge in [-0.25, -0.2) is 0 Å². The Hall–Kier alpha value is -2.12. The van der Waals surface area contributed by atoms with E-state index in [0.717, 1.165) is 103 Å². The minimum Gasteiger partial charge on any atom is -0.462 e. The number of carbonyl (C=O) groups excluding carboxylic acids is 4. The predicted molar refractivity (Wildman–Crippen MR) is 198 cm³/mol. The van der Waals surface area contributed by atoms with E-state index in [9.17, 15) is 19.2 Å². The summed E-state index contributed by atoms with van der Waals surface area (Å²) in [5.74, 6) is -1.62. The quantitative estimate of drug-likeness (QED) is 0.0362. The number of esters is 4. The molecule has 0 aliphatic heterocycles. The summed E-state index contributed by atoms with van der Waals surface area (Å²) in [6.45, 7) is 8.16. The van der Waals surface area contributed by atoms with Crippen molar-refractivity contribution in [1.29, 1.82) is 0 Å². The molecule has 0 amide bonds. The number of hydrogen-bond acceptors (Lipinski definition) is 8. The molecule has 0 aromatic heterocycles. The van der Waals surface area contributed by atoms with Crippen molar-refractivity contribution in [1.82, 2.24) is 0 Å². The van der Waals surface area contributed by atoms with Crippen LogP contribution in [-0.2, 0) is 38.1 Å². The fourth-order valence-corrected chi connectivity index (χ4v) is 5.76. The van der Waals surface area contributed by atoms with Gasteiger partial charge < -0.3 is 18.9 Å². The average Bonchev–Trinajstić information content (AvgIpc) is 3.09. The first-order valence-electron chi connectivity index (χ1n) is 20.6. The molecular formula is C41H76O8. The highest BCUT2D eigenvalue weighted by molar-refractivity contribution is 5.72. The van der Waals surface area contributed by atoms with Crippen LogP contribution in [-0.4, -0.2) is 49.3 Å². The Morgan fingerprint density at radius 2 is 0.551 bits per heavy atom. The van der Waals surface area contributed by atoms with Crippen molar-refractivity contribution in [3.8, 4) is 0 Å². The van der Waals surface area contributed by atoms with Crippen molar-refractivity contribution < 1.29 is 38.1 Å². The monoisotopic (exact) mass is 697 g/mol. The third-order valence-electron chi connectivity index (χ3n) is 8.99. The van der Waals surface area contributed by atoms with Crippen LogP contribution >= 0.6 is 0 Å². The Balaban J connectivity index is 5.26. The smallest absolute Gasteiger partial charge is 0.306 e. The Bertz CT molecular complexity index is 798. The fourth-order valence-electron chi connectivity index (χ4n) is 5.76. The molecule has 0 fully saturated rings. The molecule has 8 heteroatoms. The van der Waals surface area contributed by atoms with E-state index >= 15 is 0 Å². The average molecular weight is 697 g/mol. The first-order valence-corrected chi connectivity index (χ1v) is 20.6. The maximum atomic E-state index is 12.9. The fraction of sp³-hybridized carbons (Fsp3) is 0.902. The van der Waals surface area contributed by atoms with E-state index in [0.29, 0.717) is 12.8 Å². The second-order valence-electron chi connectivity index (χ2n) is 13.8. The van der Waals surface area contributed by atoms with E-state index in [-0.39, 0.29) is 50.8 Å². The molecule has 0 aliphatic rings. The highest BCUT2D eigenvalue weighted by Gasteiger charge is 2.31. The minimum absolute atomic E-state index is 0.224. The summed E-state index contributed by atoms with van der Waals surface area (Å²) in [6, 6.07) is 0. The lowest BCUT2D eigenvalue weighted by atomic mass is 10.1. The molecule has 2 atom stereocenters. The van der Waals surface area contributed by atoms with Crippen molar-refractivity contribution in [3.63, 3.8) is 0 Å². The Morgan fingerprint density at radius 3 is 0.816 bits per heavy atom. The van der Waals surface area contributed by atoms with Gasteiger partial charge in [-0.1, -0.05) is 163 Å². The second-order valence-corrected chi connectivity index (χ2v) is 13.8. The lowest BCUT2D eigenvalue weighted by Gasteiger charge is -2.27. The van der Waals surface area contributed by atoms with Gasteiger partial charge in [-0.15, -0.1) is 0 Å². The lowest BCUT2D eigenvalue weighted by Crippen LogP contribution is -2.42. The van der Waals surface area contributed by atoms with E-state index in [1.54, 1.807) is 0 Å². The maximum Gasteiger partial charge on any atom is 0.306 e. The van der Waals surface area contributed by atoms with Crippen LogP contribution in [0.4, 0.5) is 0 Å². The number of ether oxygens (including phenoxy) is 4. The van der Waals surface area contributed by atoms with Gasteiger partial charge in [-0.2, -0.15) is 0 Å². The summed E-state index contributed by atoms with van der Waals surface area (Å²) < 4.78 is 22.8. The summed E-state index contributed by atoms with van der Waals surface area (Å²) >= 11 is 0. The maximum absolute atomic E-state index is 12.9. The Labute approximate surface area is 300 Å². The van der Waals surface area contributed by atoms with Crippen LogP contribution in [0.2, 0.25) is 0 Å². The van der Waals surface area contributed by atoms with E-state index < -0.39 is 24.1 Å². The molecule has 0 heterocycles. The molecule has 0 unspecified atom stereocenters. The largest absolute Gasteiger partial charge is 0.462 e. The first-order chi connectivity index (χ1) is 23.9. The second kappa shape index (κ2) is 35.7. The van der Waals surface area contributed by atoms with Gasteiger partial charge in [-0.05, 0) is 25.7 Å². The molecule has 0 aromatic rings. The standard InChI is InChI=1S/C41H76O8/c1-5-9-13-17-18-19-20-21-25-27-31-39(43)47-35-37(49-41(45)33-29-24-16-12-8-4)36(48-40(44)32-28-23-15-11-7-3)34-46-38(42)30-26-22-14-10-6-2/h36-37H,5-35H2,1-4H3/t36-,37+/m1/s1. The van der Waals surface area contributed by atoms with Gasteiger partial charge in [0.25, 0.3) is 0 Å². The molecule has 0 spiro atoms. The van der Waals surface area contributed by atoms with Crippen LogP contribution in [0.1, 0.15) is 214 Å². The van der Waals surface area contributed by atoms with Crippen LogP contribution in [0.15, 0.2) is 0 Å². The summed E-state index contributed by atoms with van der Waals surface area (Å²) in [5, 5.41) is 0. The molecular weight excluding hydrogens is 620 g/mol. The molecule has 0 N–H and O–H groups in total. The highest BCUT2D eigenvalue weighted by Crippen LogP contribution is 2.16. The summed E-state index contributed by atoms with van der Waals surface area (Å²) in [6.07, 6.45) is 25.4. The number of unbranched alkanes of at least 4 members (excludes halogenated alkanes) is 21. The van der Waals surface area contributed by atoms with Crippen molar-refractivity contribution in [2.75, 3.05) is 13.2 Å². The topological polar surface area (TPSA) is 105 Å². The molecule has 0 saturated carbocycles. The number of carbonyl (C=O) groups is 4.